The molecule has 2 rings (SSSR count). The van der Waals surface area contributed by atoms with Gasteiger partial charge in [0.25, 0.3) is 0 Å². The first-order valence-electron chi connectivity index (χ1n) is 6.70. The normalized spacial score (nSPS) is 14.6. The van der Waals surface area contributed by atoms with Crippen LogP contribution in [-0.4, -0.2) is 37.9 Å². The van der Waals surface area contributed by atoms with Gasteiger partial charge < -0.3 is 14.4 Å². The van der Waals surface area contributed by atoms with Crippen LogP contribution in [0.1, 0.15) is 19.4 Å². The predicted molar refractivity (Wildman–Crippen MR) is 76.9 cm³/mol. The molecule has 20 heavy (non-hydrogen) atoms. The molecule has 0 bridgehead atoms. The van der Waals surface area contributed by atoms with Gasteiger partial charge in [-0.25, -0.2) is 0 Å². The molecule has 0 aliphatic carbocycles. The molecule has 0 N–H and O–H groups in total. The summed E-state index contributed by atoms with van der Waals surface area (Å²) < 4.78 is 10.9. The number of allylic oxidation sites excluding steroid dienone is 1. The van der Waals surface area contributed by atoms with E-state index in [1.165, 1.54) is 5.57 Å². The monoisotopic (exact) mass is 273 g/mol. The molecule has 1 fully saturated rings. The number of rotatable bonds is 4. The zero-order valence-electron chi connectivity index (χ0n) is 11.9. The van der Waals surface area contributed by atoms with Crippen molar-refractivity contribution in [3.8, 4) is 11.9 Å². The first kappa shape index (κ1) is 14.4. The Hall–Kier alpha value is -2.06. The molecular weight excluding hydrogens is 254 g/mol. The van der Waals surface area contributed by atoms with Crippen LogP contribution < -0.4 is 9.64 Å². The van der Waals surface area contributed by atoms with E-state index < -0.39 is 0 Å². The molecule has 0 atom stereocenters. The van der Waals surface area contributed by atoms with Crippen molar-refractivity contribution in [2.24, 2.45) is 0 Å². The third-order valence-electron chi connectivity index (χ3n) is 3.00. The lowest BCUT2D eigenvalue weighted by Crippen LogP contribution is -2.37. The van der Waals surface area contributed by atoms with Gasteiger partial charge >= 0.3 is 0 Å². The summed E-state index contributed by atoms with van der Waals surface area (Å²) in [6.45, 7) is 7.36. The number of pyridine rings is 1. The van der Waals surface area contributed by atoms with Gasteiger partial charge in [-0.05, 0) is 26.0 Å². The molecule has 0 amide bonds. The summed E-state index contributed by atoms with van der Waals surface area (Å²) in [5, 5.41) is 9.19. The van der Waals surface area contributed by atoms with E-state index in [0.717, 1.165) is 13.1 Å². The molecule has 0 saturated carbocycles. The second-order valence-electron chi connectivity index (χ2n) is 4.82. The highest BCUT2D eigenvalue weighted by Crippen LogP contribution is 2.22. The van der Waals surface area contributed by atoms with Crippen LogP contribution in [0.5, 0.6) is 5.88 Å². The molecule has 2 heterocycles. The third kappa shape index (κ3) is 3.72. The highest BCUT2D eigenvalue weighted by molar-refractivity contribution is 5.55. The van der Waals surface area contributed by atoms with Gasteiger partial charge in [0.2, 0.25) is 5.88 Å². The van der Waals surface area contributed by atoms with E-state index in [1.54, 1.807) is 12.1 Å². The molecule has 1 aliphatic rings. The fourth-order valence-electron chi connectivity index (χ4n) is 1.91. The molecule has 0 unspecified atom stereocenters. The number of hydrogen-bond donors (Lipinski definition) is 0. The van der Waals surface area contributed by atoms with Crippen LogP contribution in [0.2, 0.25) is 0 Å². The largest absolute Gasteiger partial charge is 0.473 e. The summed E-state index contributed by atoms with van der Waals surface area (Å²) in [4.78, 5) is 6.53. The quantitative estimate of drug-likeness (QED) is 0.787. The Balaban J connectivity index is 2.16. The van der Waals surface area contributed by atoms with Gasteiger partial charge in [-0.3, -0.25) is 0 Å². The van der Waals surface area contributed by atoms with Gasteiger partial charge in [-0.2, -0.15) is 10.2 Å². The number of nitrogens with zero attached hydrogens (tertiary/aromatic N) is 3. The van der Waals surface area contributed by atoms with E-state index in [4.69, 9.17) is 9.47 Å². The molecule has 0 radical (unpaired) electrons. The lowest BCUT2D eigenvalue weighted by molar-refractivity contribution is 0.122. The molecule has 0 spiro atoms. The first-order chi connectivity index (χ1) is 9.70. The van der Waals surface area contributed by atoms with Crippen molar-refractivity contribution >= 4 is 5.82 Å². The standard InChI is InChI=1S/C15H19N3O2/c1-12(2)5-8-20-14-4-3-13(11-16)15(17-14)18-6-9-19-10-7-18/h3-5H,6-10H2,1-2H3. The van der Waals surface area contributed by atoms with Crippen LogP contribution in [0.3, 0.4) is 0 Å². The van der Waals surface area contributed by atoms with Crippen molar-refractivity contribution in [1.82, 2.24) is 4.98 Å². The van der Waals surface area contributed by atoms with E-state index >= 15 is 0 Å². The maximum absolute atomic E-state index is 9.19. The molecule has 1 aliphatic heterocycles. The van der Waals surface area contributed by atoms with Gasteiger partial charge in [0.05, 0.1) is 18.8 Å². The Morgan fingerprint density at radius 1 is 1.45 bits per heavy atom. The van der Waals surface area contributed by atoms with Crippen LogP contribution in [-0.2, 0) is 4.74 Å². The lowest BCUT2D eigenvalue weighted by Gasteiger charge is -2.28. The molecule has 5 nitrogen and oxygen atoms in total. The molecule has 1 aromatic heterocycles. The van der Waals surface area contributed by atoms with Gasteiger partial charge in [0.1, 0.15) is 12.7 Å². The zero-order valence-corrected chi connectivity index (χ0v) is 11.9. The summed E-state index contributed by atoms with van der Waals surface area (Å²) in [5.41, 5.74) is 1.77. The fraction of sp³-hybridized carbons (Fsp3) is 0.467. The van der Waals surface area contributed by atoms with Gasteiger partial charge in [0, 0.05) is 19.2 Å². The average Bonchev–Trinajstić information content (AvgIpc) is 2.47. The molecule has 1 saturated heterocycles. The first-order valence-corrected chi connectivity index (χ1v) is 6.70. The minimum Gasteiger partial charge on any atom is -0.473 e. The van der Waals surface area contributed by atoms with Crippen LogP contribution in [0, 0.1) is 11.3 Å². The maximum Gasteiger partial charge on any atom is 0.215 e. The van der Waals surface area contributed by atoms with Gasteiger partial charge in [0.15, 0.2) is 5.82 Å². The van der Waals surface area contributed by atoms with E-state index in [-0.39, 0.29) is 0 Å². The molecule has 5 heteroatoms. The van der Waals surface area contributed by atoms with Crippen LogP contribution in [0.25, 0.3) is 0 Å². The summed E-state index contributed by atoms with van der Waals surface area (Å²) in [6, 6.07) is 5.68. The summed E-state index contributed by atoms with van der Waals surface area (Å²) in [7, 11) is 0. The molecular formula is C15H19N3O2. The maximum atomic E-state index is 9.19. The van der Waals surface area contributed by atoms with Crippen molar-refractivity contribution in [2.75, 3.05) is 37.8 Å². The summed E-state index contributed by atoms with van der Waals surface area (Å²) >= 11 is 0. The Kier molecular flexibility index (Phi) is 4.97. The van der Waals surface area contributed by atoms with Crippen LogP contribution in [0.15, 0.2) is 23.8 Å². The van der Waals surface area contributed by atoms with Crippen molar-refractivity contribution < 1.29 is 9.47 Å². The molecule has 0 aromatic carbocycles. The minimum atomic E-state index is 0.490. The Bertz CT molecular complexity index is 524. The van der Waals surface area contributed by atoms with Gasteiger partial charge in [-0.15, -0.1) is 0 Å². The number of aromatic nitrogens is 1. The topological polar surface area (TPSA) is 58.4 Å². The summed E-state index contributed by atoms with van der Waals surface area (Å²) in [6.07, 6.45) is 1.99. The van der Waals surface area contributed by atoms with Crippen molar-refractivity contribution in [1.29, 1.82) is 5.26 Å². The molecule has 1 aromatic rings. The van der Waals surface area contributed by atoms with E-state index in [9.17, 15) is 5.26 Å². The average molecular weight is 273 g/mol. The highest BCUT2D eigenvalue weighted by Gasteiger charge is 2.17. The molecule has 106 valence electrons. The Morgan fingerprint density at radius 3 is 2.85 bits per heavy atom. The number of anilines is 1. The smallest absolute Gasteiger partial charge is 0.215 e. The number of nitriles is 1. The van der Waals surface area contributed by atoms with E-state index in [0.29, 0.717) is 37.1 Å². The second-order valence-corrected chi connectivity index (χ2v) is 4.82. The van der Waals surface area contributed by atoms with Crippen LogP contribution >= 0.6 is 0 Å². The van der Waals surface area contributed by atoms with Gasteiger partial charge in [-0.1, -0.05) is 5.57 Å². The predicted octanol–water partition coefficient (Wildman–Crippen LogP) is 2.13. The van der Waals surface area contributed by atoms with Crippen molar-refractivity contribution in [3.05, 3.63) is 29.3 Å². The minimum absolute atomic E-state index is 0.490. The lowest BCUT2D eigenvalue weighted by atomic mass is 10.2. The number of hydrogen-bond acceptors (Lipinski definition) is 5. The van der Waals surface area contributed by atoms with Crippen LogP contribution in [0.4, 0.5) is 5.82 Å². The Labute approximate surface area is 119 Å². The highest BCUT2D eigenvalue weighted by atomic mass is 16.5. The van der Waals surface area contributed by atoms with E-state index in [1.807, 2.05) is 19.9 Å². The number of morpholine rings is 1. The fourth-order valence-corrected chi connectivity index (χ4v) is 1.91. The van der Waals surface area contributed by atoms with Crippen molar-refractivity contribution in [3.63, 3.8) is 0 Å². The Morgan fingerprint density at radius 2 is 2.20 bits per heavy atom. The van der Waals surface area contributed by atoms with Crippen molar-refractivity contribution in [2.45, 2.75) is 13.8 Å². The summed E-state index contributed by atoms with van der Waals surface area (Å²) in [5.74, 6) is 1.23. The zero-order chi connectivity index (χ0) is 14.4. The number of ether oxygens (including phenoxy) is 2. The third-order valence-corrected chi connectivity index (χ3v) is 3.00. The second kappa shape index (κ2) is 6.92. The van der Waals surface area contributed by atoms with E-state index in [2.05, 4.69) is 16.0 Å². The SMILES string of the molecule is CC(C)=CCOc1ccc(C#N)c(N2CCOCC2)n1.